The molecule has 2 aliphatic heterocycles. The highest BCUT2D eigenvalue weighted by Crippen LogP contribution is 2.37. The molecular formula is C9H15NO3. The molecule has 1 aliphatic carbocycles. The van der Waals surface area contributed by atoms with Crippen LogP contribution in [0.15, 0.2) is 0 Å². The molecule has 0 aromatic heterocycles. The largest absolute Gasteiger partial charge is 0.450 e. The highest BCUT2D eigenvalue weighted by molar-refractivity contribution is 5.65. The molecule has 2 bridgehead atoms. The molecule has 0 aromatic rings. The number of fused-ring (bicyclic) bond motifs is 2. The van der Waals surface area contributed by atoms with E-state index >= 15 is 0 Å². The Kier molecular flexibility index (Phi) is 2.26. The van der Waals surface area contributed by atoms with Crippen LogP contribution in [0.1, 0.15) is 26.2 Å². The first-order valence-corrected chi connectivity index (χ1v) is 4.74. The minimum absolute atomic E-state index is 0.141. The summed E-state index contributed by atoms with van der Waals surface area (Å²) in [6.07, 6.45) is 2.67. The van der Waals surface area contributed by atoms with Gasteiger partial charge in [-0.2, -0.15) is 0 Å². The normalized spacial score (nSPS) is 38.2. The molecule has 0 aromatic carbocycles. The van der Waals surface area contributed by atoms with Crippen LogP contribution in [0.2, 0.25) is 0 Å². The molecule has 0 amide bonds. The second kappa shape index (κ2) is 3.27. The molecule has 1 N–H and O–H groups in total. The van der Waals surface area contributed by atoms with E-state index in [4.69, 9.17) is 4.74 Å². The van der Waals surface area contributed by atoms with Gasteiger partial charge in [0, 0.05) is 19.0 Å². The van der Waals surface area contributed by atoms with E-state index in [9.17, 15) is 9.90 Å². The summed E-state index contributed by atoms with van der Waals surface area (Å²) in [7, 11) is 0. The van der Waals surface area contributed by atoms with Crippen LogP contribution in [0.3, 0.4) is 0 Å². The molecule has 3 atom stereocenters. The number of aliphatic hydroxyl groups excluding tert-OH is 1. The molecule has 2 unspecified atom stereocenters. The summed E-state index contributed by atoms with van der Waals surface area (Å²) in [5.74, 6) is -0.231. The van der Waals surface area contributed by atoms with Crippen molar-refractivity contribution in [1.29, 1.82) is 0 Å². The number of piperidine rings is 1. The first-order chi connectivity index (χ1) is 6.16. The average molecular weight is 185 g/mol. The van der Waals surface area contributed by atoms with E-state index < -0.39 is 0 Å². The van der Waals surface area contributed by atoms with Crippen LogP contribution in [0, 0.1) is 0 Å². The third kappa shape index (κ3) is 1.69. The van der Waals surface area contributed by atoms with Crippen molar-refractivity contribution in [3.05, 3.63) is 0 Å². The zero-order valence-electron chi connectivity index (χ0n) is 7.77. The van der Waals surface area contributed by atoms with Crippen LogP contribution >= 0.6 is 0 Å². The van der Waals surface area contributed by atoms with Crippen molar-refractivity contribution in [1.82, 2.24) is 4.90 Å². The number of rotatable bonds is 2. The van der Waals surface area contributed by atoms with E-state index in [2.05, 4.69) is 4.90 Å². The minimum atomic E-state index is -0.231. The van der Waals surface area contributed by atoms with Crippen molar-refractivity contribution in [3.63, 3.8) is 0 Å². The molecule has 74 valence electrons. The van der Waals surface area contributed by atoms with E-state index in [1.54, 1.807) is 0 Å². The fourth-order valence-corrected chi connectivity index (χ4v) is 2.31. The molecule has 4 nitrogen and oxygen atoms in total. The monoisotopic (exact) mass is 185 g/mol. The van der Waals surface area contributed by atoms with Gasteiger partial charge < -0.3 is 9.84 Å². The fraction of sp³-hybridized carbons (Fsp3) is 0.889. The lowest BCUT2D eigenvalue weighted by molar-refractivity contribution is -0.163. The fourth-order valence-electron chi connectivity index (χ4n) is 2.31. The van der Waals surface area contributed by atoms with Crippen molar-refractivity contribution < 1.29 is 14.6 Å². The first kappa shape index (κ1) is 8.97. The summed E-state index contributed by atoms with van der Waals surface area (Å²) in [5.41, 5.74) is 0. The second-order valence-corrected chi connectivity index (χ2v) is 3.95. The molecule has 2 saturated heterocycles. The average Bonchev–Trinajstić information content (AvgIpc) is 2.02. The maximum absolute atomic E-state index is 10.6. The van der Waals surface area contributed by atoms with Gasteiger partial charge in [-0.05, 0) is 19.3 Å². The Morgan fingerprint density at radius 3 is 2.62 bits per heavy atom. The Bertz CT molecular complexity index is 207. The molecule has 3 fully saturated rings. The van der Waals surface area contributed by atoms with Gasteiger partial charge in [-0.1, -0.05) is 0 Å². The summed E-state index contributed by atoms with van der Waals surface area (Å²) in [6, 6.07) is 0.876. The van der Waals surface area contributed by atoms with Gasteiger partial charge in [0.25, 0.3) is 0 Å². The lowest BCUT2D eigenvalue weighted by Crippen LogP contribution is -2.62. The lowest BCUT2D eigenvalue weighted by atomic mass is 9.79. The van der Waals surface area contributed by atoms with Crippen LogP contribution in [0.4, 0.5) is 0 Å². The maximum Gasteiger partial charge on any atom is 0.303 e. The van der Waals surface area contributed by atoms with Gasteiger partial charge in [0.1, 0.15) is 6.73 Å². The number of hydrogen-bond acceptors (Lipinski definition) is 4. The van der Waals surface area contributed by atoms with Crippen LogP contribution in [0.25, 0.3) is 0 Å². The number of carbonyl (C=O) groups is 1. The van der Waals surface area contributed by atoms with Gasteiger partial charge in [0.05, 0.1) is 6.10 Å². The van der Waals surface area contributed by atoms with E-state index in [1.807, 2.05) is 0 Å². The van der Waals surface area contributed by atoms with E-state index in [0.29, 0.717) is 18.8 Å². The third-order valence-corrected chi connectivity index (χ3v) is 2.99. The number of hydrogen-bond donors (Lipinski definition) is 1. The summed E-state index contributed by atoms with van der Waals surface area (Å²) >= 11 is 0. The molecular weight excluding hydrogens is 170 g/mol. The smallest absolute Gasteiger partial charge is 0.303 e. The molecule has 0 spiro atoms. The van der Waals surface area contributed by atoms with Crippen LogP contribution < -0.4 is 0 Å². The summed E-state index contributed by atoms with van der Waals surface area (Å²) in [6.45, 7) is 1.82. The standard InChI is InChI=1S/C9H15NO3/c1-6(11)13-5-10-7-2-8(10)4-9(12)3-7/h7-9,12H,2-5H2,1H3/t7-,8?,9?/m0/s1. The summed E-state index contributed by atoms with van der Waals surface area (Å²) in [4.78, 5) is 12.7. The topological polar surface area (TPSA) is 49.8 Å². The van der Waals surface area contributed by atoms with Gasteiger partial charge in [0.15, 0.2) is 0 Å². The van der Waals surface area contributed by atoms with Crippen molar-refractivity contribution in [2.75, 3.05) is 6.73 Å². The minimum Gasteiger partial charge on any atom is -0.450 e. The van der Waals surface area contributed by atoms with Crippen LogP contribution in [-0.2, 0) is 9.53 Å². The highest BCUT2D eigenvalue weighted by Gasteiger charge is 2.44. The Morgan fingerprint density at radius 1 is 1.46 bits per heavy atom. The van der Waals surface area contributed by atoms with E-state index in [0.717, 1.165) is 19.3 Å². The Hall–Kier alpha value is -0.610. The van der Waals surface area contributed by atoms with E-state index in [-0.39, 0.29) is 12.1 Å². The van der Waals surface area contributed by atoms with Gasteiger partial charge in [0.2, 0.25) is 0 Å². The van der Waals surface area contributed by atoms with Crippen molar-refractivity contribution in [2.45, 2.75) is 44.4 Å². The number of carbonyl (C=O) groups excluding carboxylic acids is 1. The van der Waals surface area contributed by atoms with Gasteiger partial charge in [-0.15, -0.1) is 0 Å². The molecule has 2 heterocycles. The predicted molar refractivity (Wildman–Crippen MR) is 45.9 cm³/mol. The van der Waals surface area contributed by atoms with Gasteiger partial charge in [-0.3, -0.25) is 9.69 Å². The van der Waals surface area contributed by atoms with Crippen molar-refractivity contribution in [2.24, 2.45) is 0 Å². The Morgan fingerprint density at radius 2 is 2.08 bits per heavy atom. The maximum atomic E-state index is 10.6. The Labute approximate surface area is 77.5 Å². The first-order valence-electron chi connectivity index (χ1n) is 4.74. The lowest BCUT2D eigenvalue weighted by Gasteiger charge is -2.53. The third-order valence-electron chi connectivity index (χ3n) is 2.99. The van der Waals surface area contributed by atoms with Crippen molar-refractivity contribution in [3.8, 4) is 0 Å². The zero-order valence-corrected chi connectivity index (χ0v) is 7.77. The zero-order chi connectivity index (χ0) is 9.42. The van der Waals surface area contributed by atoms with E-state index in [1.165, 1.54) is 6.92 Å². The number of aliphatic hydroxyl groups is 1. The van der Waals surface area contributed by atoms with Crippen LogP contribution in [-0.4, -0.2) is 40.9 Å². The predicted octanol–water partition coefficient (Wildman–Crippen LogP) is 0.105. The number of nitrogens with zero attached hydrogens (tertiary/aromatic N) is 1. The number of esters is 1. The number of ether oxygens (including phenoxy) is 1. The molecule has 0 radical (unpaired) electrons. The van der Waals surface area contributed by atoms with Crippen molar-refractivity contribution >= 4 is 5.97 Å². The SMILES string of the molecule is CC(=O)OCN1C2CC(O)C[C@@H]1C2. The van der Waals surface area contributed by atoms with Crippen LogP contribution in [0.5, 0.6) is 0 Å². The second-order valence-electron chi connectivity index (χ2n) is 3.95. The Balaban J connectivity index is 1.80. The van der Waals surface area contributed by atoms with Gasteiger partial charge in [-0.25, -0.2) is 0 Å². The molecule has 3 rings (SSSR count). The quantitative estimate of drug-likeness (QED) is 0.620. The highest BCUT2D eigenvalue weighted by atomic mass is 16.5. The molecule has 13 heavy (non-hydrogen) atoms. The molecule has 4 heteroatoms. The summed E-state index contributed by atoms with van der Waals surface area (Å²) < 4.78 is 4.92. The van der Waals surface area contributed by atoms with Gasteiger partial charge >= 0.3 is 5.97 Å². The molecule has 3 aliphatic rings. The summed E-state index contributed by atoms with van der Waals surface area (Å²) in [5, 5.41) is 9.37. The molecule has 1 saturated carbocycles.